The molecule has 83 heavy (non-hydrogen) atoms. The summed E-state index contributed by atoms with van der Waals surface area (Å²) in [7, 11) is 0. The minimum absolute atomic E-state index is 0.0105. The Labute approximate surface area is 497 Å². The van der Waals surface area contributed by atoms with Gasteiger partial charge in [-0.25, -0.2) is 4.98 Å². The molecule has 1 spiro atoms. The molecule has 3 heterocycles. The van der Waals surface area contributed by atoms with Crippen LogP contribution < -0.4 is 9.80 Å². The van der Waals surface area contributed by atoms with Crippen LogP contribution in [0.3, 0.4) is 0 Å². The predicted molar refractivity (Wildman–Crippen MR) is 344 cm³/mol. The lowest BCUT2D eigenvalue weighted by molar-refractivity contribution is 0.665. The van der Waals surface area contributed by atoms with Crippen LogP contribution >= 0.6 is 0 Å². The number of hydrogen-bond acceptors (Lipinski definition) is 5. The van der Waals surface area contributed by atoms with Gasteiger partial charge in [-0.15, -0.1) is 0 Å². The number of benzene rings is 11. The third kappa shape index (κ3) is 7.23. The van der Waals surface area contributed by atoms with Crippen LogP contribution in [0.2, 0.25) is 0 Å². The molecule has 0 saturated carbocycles. The number of para-hydroxylation sites is 2. The van der Waals surface area contributed by atoms with Crippen molar-refractivity contribution in [2.24, 2.45) is 0 Å². The first-order valence-electron chi connectivity index (χ1n) is 33.2. The molecule has 2 aliphatic carbocycles. The van der Waals surface area contributed by atoms with E-state index in [4.69, 9.17) is 22.0 Å². The molecule has 0 fully saturated rings. The van der Waals surface area contributed by atoms with Crippen LogP contribution in [0.25, 0.3) is 88.4 Å². The summed E-state index contributed by atoms with van der Waals surface area (Å²) in [6.45, 7) is 8.04. The summed E-state index contributed by atoms with van der Waals surface area (Å²) in [4.78, 5) is 9.51. The Balaban J connectivity index is 1.10. The second kappa shape index (κ2) is 18.9. The highest BCUT2D eigenvalue weighted by molar-refractivity contribution is 6.25. The number of rotatable bonds is 10. The summed E-state index contributed by atoms with van der Waals surface area (Å²) in [6.07, 6.45) is 3.30. The van der Waals surface area contributed by atoms with E-state index in [1.165, 1.54) is 0 Å². The number of fused-ring (bicyclic) bond motifs is 18. The van der Waals surface area contributed by atoms with Crippen LogP contribution in [-0.2, 0) is 18.3 Å². The zero-order chi connectivity index (χ0) is 64.2. The first-order valence-corrected chi connectivity index (χ1v) is 28.2. The van der Waals surface area contributed by atoms with Gasteiger partial charge in [-0.2, -0.15) is 0 Å². The van der Waals surface area contributed by atoms with Gasteiger partial charge in [0.1, 0.15) is 28.1 Å². The zero-order valence-electron chi connectivity index (χ0n) is 56.0. The van der Waals surface area contributed by atoms with Crippen molar-refractivity contribution >= 4 is 78.1 Å². The Bertz CT molecular complexity index is 5140. The molecule has 16 rings (SSSR count). The number of furan rings is 2. The standard InChI is InChI=1S/C78H57N3O2/c1-5-50-34-38-54(39-35-50)80(66-42-33-48(3)43-60(66)52-21-9-7-10-22-52)67-45-64-73(75-71(67)58-27-15-19-31-69(58)82-75)74-65(78(64)62-29-17-13-25-56(62)57-26-14-18-30-63(57)78)46-68(72-59-28-16-20-32-70(59)83-76(72)74)81(55-40-36-51(6-2)37-41-55)77-61(44-49(4)47-79-77)53-23-11-8-12-24-53/h7-47H,5-6H2,1-4H3/i7D,8D,9D,10D,11D,12D,21D,22D,23D,24D. The third-order valence-corrected chi connectivity index (χ3v) is 17.1. The van der Waals surface area contributed by atoms with Crippen molar-refractivity contribution in [2.75, 3.05) is 9.80 Å². The van der Waals surface area contributed by atoms with E-state index in [2.05, 4.69) is 133 Å². The van der Waals surface area contributed by atoms with Gasteiger partial charge >= 0.3 is 0 Å². The summed E-state index contributed by atoms with van der Waals surface area (Å²) in [6, 6.07) is 57.8. The van der Waals surface area contributed by atoms with Gasteiger partial charge in [-0.1, -0.05) is 195 Å². The van der Waals surface area contributed by atoms with Gasteiger partial charge in [0.05, 0.1) is 47.0 Å². The molecule has 0 atom stereocenters. The number of aryl methyl sites for hydroxylation is 4. The van der Waals surface area contributed by atoms with Crippen LogP contribution in [0.1, 0.15) is 72.1 Å². The number of pyridine rings is 1. The van der Waals surface area contributed by atoms with Gasteiger partial charge in [0, 0.05) is 50.6 Å². The van der Waals surface area contributed by atoms with Crippen LogP contribution in [0.5, 0.6) is 0 Å². The topological polar surface area (TPSA) is 45.7 Å². The fourth-order valence-corrected chi connectivity index (χ4v) is 13.4. The normalized spacial score (nSPS) is 14.5. The molecule has 2 aliphatic rings. The average Bonchev–Trinajstić information content (AvgIpc) is 1.49. The molecule has 5 heteroatoms. The summed E-state index contributed by atoms with van der Waals surface area (Å²) in [5.74, 6) is 0.325. The molecule has 0 saturated heterocycles. The highest BCUT2D eigenvalue weighted by Gasteiger charge is 2.55. The molecule has 396 valence electrons. The summed E-state index contributed by atoms with van der Waals surface area (Å²) in [5.41, 5.74) is 16.5. The Morgan fingerprint density at radius 3 is 1.45 bits per heavy atom. The van der Waals surface area contributed by atoms with Gasteiger partial charge in [-0.05, 0) is 155 Å². The van der Waals surface area contributed by atoms with E-state index in [-0.39, 0.29) is 35.3 Å². The maximum atomic E-state index is 9.51. The van der Waals surface area contributed by atoms with E-state index in [1.54, 1.807) is 6.20 Å². The van der Waals surface area contributed by atoms with E-state index < -0.39 is 41.7 Å². The maximum absolute atomic E-state index is 9.51. The SMILES string of the molecule is [2H]c1c([2H])c([2H])c(-c2cc(C)ccc2N(c2ccc(CC)cc2)c2cc3c(c4oc5ccccc5c24)-c2c(cc(N(c4ccc(CC)cc4)c4ncc(C)cc4-c4c([2H])c([2H])c([2H])c([2H])c4[2H])c4c2oc2ccccc24)C32c3ccccc3-c3ccccc32)c([2H])c1[2H]. The number of hydrogen-bond donors (Lipinski definition) is 0. The van der Waals surface area contributed by atoms with Crippen molar-refractivity contribution in [3.8, 4) is 44.5 Å². The van der Waals surface area contributed by atoms with E-state index in [1.807, 2.05) is 86.6 Å². The molecule has 0 bridgehead atoms. The fraction of sp³-hybridized carbons (Fsp3) is 0.0897. The Morgan fingerprint density at radius 2 is 0.904 bits per heavy atom. The predicted octanol–water partition coefficient (Wildman–Crippen LogP) is 21.2. The van der Waals surface area contributed by atoms with Crippen molar-refractivity contribution < 1.29 is 22.5 Å². The zero-order valence-corrected chi connectivity index (χ0v) is 46.0. The second-order valence-electron chi connectivity index (χ2n) is 21.7. The molecular weight excluding hydrogens is 1010 g/mol. The van der Waals surface area contributed by atoms with E-state index in [9.17, 15) is 5.48 Å². The third-order valence-electron chi connectivity index (χ3n) is 17.1. The number of aromatic nitrogens is 1. The van der Waals surface area contributed by atoms with Crippen molar-refractivity contribution in [3.05, 3.63) is 293 Å². The number of nitrogens with zero attached hydrogens (tertiary/aromatic N) is 3. The minimum Gasteiger partial charge on any atom is -0.455 e. The molecule has 0 unspecified atom stereocenters. The molecule has 11 aromatic carbocycles. The summed E-state index contributed by atoms with van der Waals surface area (Å²) >= 11 is 0. The number of anilines is 6. The fourth-order valence-electron chi connectivity index (χ4n) is 13.4. The van der Waals surface area contributed by atoms with Gasteiger partial charge in [0.15, 0.2) is 0 Å². The van der Waals surface area contributed by atoms with Crippen molar-refractivity contribution in [1.82, 2.24) is 4.98 Å². The van der Waals surface area contributed by atoms with Crippen molar-refractivity contribution in [2.45, 2.75) is 46.0 Å². The highest BCUT2D eigenvalue weighted by atomic mass is 16.3. The Morgan fingerprint density at radius 1 is 0.434 bits per heavy atom. The summed E-state index contributed by atoms with van der Waals surface area (Å²) in [5, 5.41) is 3.11. The Hall–Kier alpha value is -10.2. The molecule has 5 nitrogen and oxygen atoms in total. The highest BCUT2D eigenvalue weighted by Crippen LogP contribution is 2.68. The van der Waals surface area contributed by atoms with Crippen molar-refractivity contribution in [1.29, 1.82) is 0 Å². The maximum Gasteiger partial charge on any atom is 0.145 e. The first-order chi connectivity index (χ1) is 45.0. The lowest BCUT2D eigenvalue weighted by Gasteiger charge is -2.34. The Kier molecular flexibility index (Phi) is 8.95. The first kappa shape index (κ1) is 39.2. The van der Waals surface area contributed by atoms with Gasteiger partial charge in [0.2, 0.25) is 0 Å². The van der Waals surface area contributed by atoms with E-state index in [0.29, 0.717) is 62.0 Å². The molecule has 0 amide bonds. The van der Waals surface area contributed by atoms with Gasteiger partial charge in [-0.3, -0.25) is 4.90 Å². The molecule has 14 aromatic rings. The van der Waals surface area contributed by atoms with Crippen LogP contribution in [0.4, 0.5) is 34.3 Å². The molecular formula is C78H57N3O2. The monoisotopic (exact) mass is 1080 g/mol. The van der Waals surface area contributed by atoms with E-state index in [0.717, 1.165) is 107 Å². The van der Waals surface area contributed by atoms with Gasteiger partial charge in [0.25, 0.3) is 0 Å². The largest absolute Gasteiger partial charge is 0.455 e. The minimum atomic E-state index is -1.17. The lowest BCUT2D eigenvalue weighted by Crippen LogP contribution is -2.27. The average molecular weight is 1080 g/mol. The summed E-state index contributed by atoms with van der Waals surface area (Å²) < 4.78 is 106. The molecule has 0 N–H and O–H groups in total. The van der Waals surface area contributed by atoms with Crippen LogP contribution in [0.15, 0.2) is 257 Å². The lowest BCUT2D eigenvalue weighted by atomic mass is 9.70. The molecule has 0 aliphatic heterocycles. The second-order valence-corrected chi connectivity index (χ2v) is 21.7. The van der Waals surface area contributed by atoms with Crippen LogP contribution in [-0.4, -0.2) is 4.98 Å². The smallest absolute Gasteiger partial charge is 0.145 e. The van der Waals surface area contributed by atoms with Crippen LogP contribution in [0, 0.1) is 13.8 Å². The molecule has 0 radical (unpaired) electrons. The molecule has 3 aromatic heterocycles. The van der Waals surface area contributed by atoms with Crippen molar-refractivity contribution in [3.63, 3.8) is 0 Å². The van der Waals surface area contributed by atoms with Gasteiger partial charge < -0.3 is 13.7 Å². The quantitative estimate of drug-likeness (QED) is 0.137. The van der Waals surface area contributed by atoms with E-state index >= 15 is 0 Å².